The van der Waals surface area contributed by atoms with E-state index in [1.807, 2.05) is 4.90 Å². The molecule has 1 saturated heterocycles. The van der Waals surface area contributed by atoms with Crippen molar-refractivity contribution in [3.8, 4) is 0 Å². The van der Waals surface area contributed by atoms with Gasteiger partial charge in [-0.2, -0.15) is 0 Å². The van der Waals surface area contributed by atoms with Crippen LogP contribution in [0.25, 0.3) is 0 Å². The van der Waals surface area contributed by atoms with Crippen LogP contribution in [0.2, 0.25) is 10.0 Å². The lowest BCUT2D eigenvalue weighted by Gasteiger charge is -2.32. The second-order valence-electron chi connectivity index (χ2n) is 5.43. The summed E-state index contributed by atoms with van der Waals surface area (Å²) in [5.41, 5.74) is 0.476. The van der Waals surface area contributed by atoms with Crippen molar-refractivity contribution in [2.75, 3.05) is 40.0 Å². The van der Waals surface area contributed by atoms with Gasteiger partial charge in [-0.15, -0.1) is 0 Å². The van der Waals surface area contributed by atoms with Crippen molar-refractivity contribution in [2.24, 2.45) is 5.92 Å². The van der Waals surface area contributed by atoms with Gasteiger partial charge in [0.1, 0.15) is 0 Å². The summed E-state index contributed by atoms with van der Waals surface area (Å²) in [4.78, 5) is 14.4. The molecule has 0 radical (unpaired) electrons. The minimum absolute atomic E-state index is 0.0498. The Morgan fingerprint density at radius 3 is 2.68 bits per heavy atom. The number of hydrogen-bond donors (Lipinski definition) is 0. The molecule has 122 valence electrons. The number of methoxy groups -OCH3 is 1. The van der Waals surface area contributed by atoms with E-state index >= 15 is 0 Å². The first kappa shape index (κ1) is 17.5. The van der Waals surface area contributed by atoms with Crippen LogP contribution < -0.4 is 0 Å². The monoisotopic (exact) mass is 345 g/mol. The Hall–Kier alpha value is -0.810. The first-order valence-electron chi connectivity index (χ1n) is 7.43. The number of benzene rings is 1. The third kappa shape index (κ3) is 4.85. The van der Waals surface area contributed by atoms with Crippen LogP contribution in [0.3, 0.4) is 0 Å². The van der Waals surface area contributed by atoms with Crippen LogP contribution in [0.5, 0.6) is 0 Å². The Morgan fingerprint density at radius 2 is 2.00 bits per heavy atom. The third-order valence-corrected chi connectivity index (χ3v) is 4.41. The topological polar surface area (TPSA) is 38.8 Å². The molecule has 0 spiro atoms. The maximum Gasteiger partial charge on any atom is 0.255 e. The van der Waals surface area contributed by atoms with E-state index in [4.69, 9.17) is 32.7 Å². The molecule has 0 saturated carbocycles. The average molecular weight is 346 g/mol. The van der Waals surface area contributed by atoms with Gasteiger partial charge in [-0.05, 0) is 37.0 Å². The summed E-state index contributed by atoms with van der Waals surface area (Å²) in [6.45, 7) is 3.40. The van der Waals surface area contributed by atoms with Crippen LogP contribution in [0.15, 0.2) is 18.2 Å². The number of halogens is 2. The number of carbonyl (C=O) groups is 1. The summed E-state index contributed by atoms with van der Waals surface area (Å²) in [6, 6.07) is 4.98. The van der Waals surface area contributed by atoms with Gasteiger partial charge >= 0.3 is 0 Å². The molecule has 6 heteroatoms. The molecule has 1 fully saturated rings. The average Bonchev–Trinajstić information content (AvgIpc) is 2.54. The van der Waals surface area contributed by atoms with Crippen molar-refractivity contribution < 1.29 is 14.3 Å². The van der Waals surface area contributed by atoms with Crippen LogP contribution in [-0.2, 0) is 9.47 Å². The predicted molar refractivity (Wildman–Crippen MR) is 87.8 cm³/mol. The highest BCUT2D eigenvalue weighted by molar-refractivity contribution is 6.35. The quantitative estimate of drug-likeness (QED) is 0.740. The zero-order chi connectivity index (χ0) is 15.9. The predicted octanol–water partition coefficient (Wildman–Crippen LogP) is 3.51. The minimum Gasteiger partial charge on any atom is -0.382 e. The molecule has 1 aromatic carbocycles. The van der Waals surface area contributed by atoms with Crippen molar-refractivity contribution in [3.05, 3.63) is 33.8 Å². The van der Waals surface area contributed by atoms with Crippen molar-refractivity contribution in [3.63, 3.8) is 0 Å². The number of rotatable bonds is 6. The van der Waals surface area contributed by atoms with E-state index in [1.165, 1.54) is 0 Å². The van der Waals surface area contributed by atoms with E-state index in [0.29, 0.717) is 34.7 Å². The number of nitrogens with zero attached hydrogens (tertiary/aromatic N) is 1. The van der Waals surface area contributed by atoms with E-state index in [0.717, 1.165) is 32.5 Å². The smallest absolute Gasteiger partial charge is 0.255 e. The Morgan fingerprint density at radius 1 is 1.27 bits per heavy atom. The standard InChI is InChI=1S/C16H21Cl2NO3/c1-21-8-9-22-11-12-4-6-19(7-5-12)16(20)14-10-13(17)2-3-15(14)18/h2-3,10,12H,4-9,11H2,1H3. The lowest BCUT2D eigenvalue weighted by atomic mass is 9.97. The fourth-order valence-electron chi connectivity index (χ4n) is 2.53. The first-order valence-corrected chi connectivity index (χ1v) is 8.18. The van der Waals surface area contributed by atoms with Crippen LogP contribution in [0.1, 0.15) is 23.2 Å². The lowest BCUT2D eigenvalue weighted by Crippen LogP contribution is -2.39. The Kier molecular flexibility index (Phi) is 6.96. The van der Waals surface area contributed by atoms with Gasteiger partial charge in [0, 0.05) is 31.8 Å². The fourth-order valence-corrected chi connectivity index (χ4v) is 2.90. The van der Waals surface area contributed by atoms with Crippen LogP contribution in [0, 0.1) is 5.92 Å². The molecule has 0 N–H and O–H groups in total. The molecule has 0 aromatic heterocycles. The van der Waals surface area contributed by atoms with Gasteiger partial charge in [-0.1, -0.05) is 23.2 Å². The van der Waals surface area contributed by atoms with E-state index in [9.17, 15) is 4.79 Å². The second-order valence-corrected chi connectivity index (χ2v) is 6.27. The Balaban J connectivity index is 1.83. The van der Waals surface area contributed by atoms with Gasteiger partial charge in [0.05, 0.1) is 23.8 Å². The van der Waals surface area contributed by atoms with Crippen molar-refractivity contribution in [1.29, 1.82) is 0 Å². The molecular weight excluding hydrogens is 325 g/mol. The van der Waals surface area contributed by atoms with E-state index < -0.39 is 0 Å². The Labute approximate surface area is 141 Å². The van der Waals surface area contributed by atoms with Gasteiger partial charge in [0.2, 0.25) is 0 Å². The SMILES string of the molecule is COCCOCC1CCN(C(=O)c2cc(Cl)ccc2Cl)CC1. The molecular formula is C16H21Cl2NO3. The first-order chi connectivity index (χ1) is 10.6. The van der Waals surface area contributed by atoms with Gasteiger partial charge in [-0.25, -0.2) is 0 Å². The van der Waals surface area contributed by atoms with Gasteiger partial charge < -0.3 is 14.4 Å². The lowest BCUT2D eigenvalue weighted by molar-refractivity contribution is 0.0327. The molecule has 0 unspecified atom stereocenters. The largest absolute Gasteiger partial charge is 0.382 e. The fraction of sp³-hybridized carbons (Fsp3) is 0.562. The highest BCUT2D eigenvalue weighted by atomic mass is 35.5. The number of likely N-dealkylation sites (tertiary alicyclic amines) is 1. The number of ether oxygens (including phenoxy) is 2. The molecule has 1 aliphatic rings. The molecule has 0 aliphatic carbocycles. The Bertz CT molecular complexity index is 502. The van der Waals surface area contributed by atoms with Crippen molar-refractivity contribution in [1.82, 2.24) is 4.90 Å². The molecule has 1 heterocycles. The minimum atomic E-state index is -0.0498. The molecule has 1 amide bonds. The number of carbonyl (C=O) groups excluding carboxylic acids is 1. The van der Waals surface area contributed by atoms with E-state index in [1.54, 1.807) is 25.3 Å². The summed E-state index contributed by atoms with van der Waals surface area (Å²) in [7, 11) is 1.66. The van der Waals surface area contributed by atoms with Crippen molar-refractivity contribution >= 4 is 29.1 Å². The summed E-state index contributed by atoms with van der Waals surface area (Å²) >= 11 is 12.0. The van der Waals surface area contributed by atoms with Crippen LogP contribution >= 0.6 is 23.2 Å². The summed E-state index contributed by atoms with van der Waals surface area (Å²) in [5, 5.41) is 0.966. The third-order valence-electron chi connectivity index (χ3n) is 3.85. The van der Waals surface area contributed by atoms with E-state index in [-0.39, 0.29) is 5.91 Å². The van der Waals surface area contributed by atoms with Gasteiger partial charge in [-0.3, -0.25) is 4.79 Å². The summed E-state index contributed by atoms with van der Waals surface area (Å²) in [6.07, 6.45) is 1.88. The highest BCUT2D eigenvalue weighted by Crippen LogP contribution is 2.25. The highest BCUT2D eigenvalue weighted by Gasteiger charge is 2.25. The van der Waals surface area contributed by atoms with E-state index in [2.05, 4.69) is 0 Å². The summed E-state index contributed by atoms with van der Waals surface area (Å²) in [5.74, 6) is 0.446. The van der Waals surface area contributed by atoms with Crippen LogP contribution in [-0.4, -0.2) is 50.8 Å². The molecule has 2 rings (SSSR count). The summed E-state index contributed by atoms with van der Waals surface area (Å²) < 4.78 is 10.5. The number of amides is 1. The number of piperidine rings is 1. The molecule has 0 bridgehead atoms. The zero-order valence-electron chi connectivity index (χ0n) is 12.7. The molecule has 0 atom stereocenters. The van der Waals surface area contributed by atoms with Gasteiger partial charge in [0.15, 0.2) is 0 Å². The normalized spacial score (nSPS) is 16.0. The molecule has 1 aromatic rings. The number of hydrogen-bond acceptors (Lipinski definition) is 3. The molecule has 4 nitrogen and oxygen atoms in total. The van der Waals surface area contributed by atoms with Crippen LogP contribution in [0.4, 0.5) is 0 Å². The maximum absolute atomic E-state index is 12.5. The van der Waals surface area contributed by atoms with Gasteiger partial charge in [0.25, 0.3) is 5.91 Å². The zero-order valence-corrected chi connectivity index (χ0v) is 14.2. The maximum atomic E-state index is 12.5. The molecule has 1 aliphatic heterocycles. The molecule has 22 heavy (non-hydrogen) atoms. The van der Waals surface area contributed by atoms with Crippen molar-refractivity contribution in [2.45, 2.75) is 12.8 Å². The second kappa shape index (κ2) is 8.73.